The van der Waals surface area contributed by atoms with Crippen molar-refractivity contribution in [2.24, 2.45) is 11.8 Å². The highest BCUT2D eigenvalue weighted by Gasteiger charge is 2.15. The molecule has 1 rings (SSSR count). The van der Waals surface area contributed by atoms with E-state index in [9.17, 15) is 4.79 Å². The number of nitrogens with one attached hydrogen (secondary N) is 1. The molecular weight excluding hydrogens is 228 g/mol. The molecule has 0 saturated carbocycles. The maximum absolute atomic E-state index is 12.1. The number of hydrogen-bond acceptors (Lipinski definition) is 2. The van der Waals surface area contributed by atoms with Crippen LogP contribution < -0.4 is 5.32 Å². The molecule has 0 bridgehead atoms. The molecule has 18 heavy (non-hydrogen) atoms. The smallest absolute Gasteiger partial charge is 0.317 e. The van der Waals surface area contributed by atoms with Crippen molar-refractivity contribution in [1.29, 1.82) is 0 Å². The molecule has 0 unspecified atom stereocenters. The lowest BCUT2D eigenvalue weighted by Crippen LogP contribution is -2.43. The van der Waals surface area contributed by atoms with Crippen LogP contribution in [0, 0.1) is 11.8 Å². The molecule has 0 aliphatic rings. The van der Waals surface area contributed by atoms with E-state index in [0.29, 0.717) is 18.4 Å². The fraction of sp³-hybridized carbons (Fsp3) is 0.643. The van der Waals surface area contributed by atoms with E-state index >= 15 is 0 Å². The monoisotopic (exact) mass is 252 g/mol. The lowest BCUT2D eigenvalue weighted by atomic mass is 10.1. The number of urea groups is 1. The van der Waals surface area contributed by atoms with E-state index in [1.54, 1.807) is 6.26 Å². The zero-order valence-corrected chi connectivity index (χ0v) is 11.8. The predicted molar refractivity (Wildman–Crippen MR) is 72.2 cm³/mol. The van der Waals surface area contributed by atoms with Crippen LogP contribution in [0.2, 0.25) is 0 Å². The van der Waals surface area contributed by atoms with Crippen molar-refractivity contribution in [2.75, 3.05) is 13.1 Å². The van der Waals surface area contributed by atoms with Crippen molar-refractivity contribution < 1.29 is 9.21 Å². The number of nitrogens with zero attached hydrogens (tertiary/aromatic N) is 1. The normalized spacial score (nSPS) is 11.0. The Morgan fingerprint density at radius 3 is 2.33 bits per heavy atom. The van der Waals surface area contributed by atoms with Gasteiger partial charge in [0.05, 0.1) is 12.8 Å². The first-order valence-electron chi connectivity index (χ1n) is 6.54. The van der Waals surface area contributed by atoms with Crippen LogP contribution in [0.3, 0.4) is 0 Å². The summed E-state index contributed by atoms with van der Waals surface area (Å²) < 4.78 is 5.19. The second-order valence-corrected chi connectivity index (χ2v) is 5.43. The highest BCUT2D eigenvalue weighted by Crippen LogP contribution is 2.05. The topological polar surface area (TPSA) is 45.5 Å². The van der Waals surface area contributed by atoms with Crippen molar-refractivity contribution >= 4 is 6.03 Å². The Hall–Kier alpha value is -1.45. The van der Waals surface area contributed by atoms with Crippen LogP contribution in [0.15, 0.2) is 22.8 Å². The lowest BCUT2D eigenvalue weighted by Gasteiger charge is -2.26. The van der Waals surface area contributed by atoms with Crippen LogP contribution in [0.5, 0.6) is 0 Å². The van der Waals surface area contributed by atoms with Gasteiger partial charge in [0.25, 0.3) is 0 Å². The largest absolute Gasteiger partial charge is 0.467 e. The lowest BCUT2D eigenvalue weighted by molar-refractivity contribution is 0.182. The Balaban J connectivity index is 2.47. The van der Waals surface area contributed by atoms with Crippen LogP contribution >= 0.6 is 0 Å². The summed E-state index contributed by atoms with van der Waals surface area (Å²) in [6, 6.07) is 3.66. The molecule has 0 aliphatic carbocycles. The molecule has 1 aromatic rings. The number of carbonyl (C=O) groups excluding carboxylic acids is 1. The van der Waals surface area contributed by atoms with Gasteiger partial charge in [-0.3, -0.25) is 0 Å². The first-order valence-corrected chi connectivity index (χ1v) is 6.54. The van der Waals surface area contributed by atoms with Crippen molar-refractivity contribution in [3.05, 3.63) is 24.2 Å². The zero-order valence-electron chi connectivity index (χ0n) is 11.8. The highest BCUT2D eigenvalue weighted by molar-refractivity contribution is 5.74. The Kier molecular flexibility index (Phi) is 5.75. The molecule has 1 N–H and O–H groups in total. The highest BCUT2D eigenvalue weighted by atomic mass is 16.3. The fourth-order valence-corrected chi connectivity index (χ4v) is 1.81. The van der Waals surface area contributed by atoms with Gasteiger partial charge in [-0.2, -0.15) is 0 Å². The summed E-state index contributed by atoms with van der Waals surface area (Å²) in [7, 11) is 0. The minimum absolute atomic E-state index is 0.0196. The SMILES string of the molecule is CC(C)CN(CC(C)C)C(=O)NCc1ccco1. The Morgan fingerprint density at radius 2 is 1.89 bits per heavy atom. The molecule has 1 heterocycles. The molecule has 4 heteroatoms. The molecule has 0 atom stereocenters. The molecule has 1 aromatic heterocycles. The number of furan rings is 1. The van der Waals surface area contributed by atoms with Crippen LogP contribution in [0.4, 0.5) is 4.79 Å². The molecule has 0 spiro atoms. The molecule has 2 amide bonds. The summed E-state index contributed by atoms with van der Waals surface area (Å²) in [6.45, 7) is 10.5. The first kappa shape index (κ1) is 14.6. The van der Waals surface area contributed by atoms with E-state index in [2.05, 4.69) is 33.0 Å². The van der Waals surface area contributed by atoms with Gasteiger partial charge in [0.1, 0.15) is 5.76 Å². The van der Waals surface area contributed by atoms with Gasteiger partial charge in [0.15, 0.2) is 0 Å². The number of carbonyl (C=O) groups is 1. The van der Waals surface area contributed by atoms with Crippen LogP contribution in [0.1, 0.15) is 33.5 Å². The van der Waals surface area contributed by atoms with Gasteiger partial charge in [0.2, 0.25) is 0 Å². The summed E-state index contributed by atoms with van der Waals surface area (Å²) in [5, 5.41) is 2.89. The molecule has 0 aliphatic heterocycles. The average Bonchev–Trinajstić information content (AvgIpc) is 2.76. The van der Waals surface area contributed by atoms with Crippen LogP contribution in [0.25, 0.3) is 0 Å². The second-order valence-electron chi connectivity index (χ2n) is 5.43. The summed E-state index contributed by atoms with van der Waals surface area (Å²) in [6.07, 6.45) is 1.61. The molecule has 4 nitrogen and oxygen atoms in total. The third kappa shape index (κ3) is 5.25. The van der Waals surface area contributed by atoms with Gasteiger partial charge in [-0.1, -0.05) is 27.7 Å². The van der Waals surface area contributed by atoms with Crippen molar-refractivity contribution in [1.82, 2.24) is 10.2 Å². The number of rotatable bonds is 6. The third-order valence-electron chi connectivity index (χ3n) is 2.45. The molecule has 0 radical (unpaired) electrons. The maximum Gasteiger partial charge on any atom is 0.317 e. The summed E-state index contributed by atoms with van der Waals surface area (Å²) in [5.41, 5.74) is 0. The quantitative estimate of drug-likeness (QED) is 0.845. The maximum atomic E-state index is 12.1. The fourth-order valence-electron chi connectivity index (χ4n) is 1.81. The van der Waals surface area contributed by atoms with Gasteiger partial charge in [0, 0.05) is 13.1 Å². The minimum atomic E-state index is -0.0196. The Morgan fingerprint density at radius 1 is 1.28 bits per heavy atom. The van der Waals surface area contributed by atoms with E-state index in [4.69, 9.17) is 4.42 Å². The van der Waals surface area contributed by atoms with Crippen molar-refractivity contribution in [3.8, 4) is 0 Å². The second kappa shape index (κ2) is 7.09. The van der Waals surface area contributed by atoms with E-state index < -0.39 is 0 Å². The third-order valence-corrected chi connectivity index (χ3v) is 2.45. The predicted octanol–water partition coefficient (Wildman–Crippen LogP) is 3.10. The van der Waals surface area contributed by atoms with E-state index in [1.165, 1.54) is 0 Å². The molecular formula is C14H24N2O2. The zero-order chi connectivity index (χ0) is 13.5. The number of amides is 2. The Bertz CT molecular complexity index is 335. The summed E-state index contributed by atoms with van der Waals surface area (Å²) in [5.74, 6) is 1.72. The van der Waals surface area contributed by atoms with Crippen LogP contribution in [-0.2, 0) is 6.54 Å². The first-order chi connectivity index (χ1) is 8.49. The molecule has 0 saturated heterocycles. The van der Waals surface area contributed by atoms with Crippen molar-refractivity contribution in [3.63, 3.8) is 0 Å². The van der Waals surface area contributed by atoms with Gasteiger partial charge >= 0.3 is 6.03 Å². The van der Waals surface area contributed by atoms with Crippen LogP contribution in [-0.4, -0.2) is 24.0 Å². The Labute approximate surface area is 109 Å². The standard InChI is InChI=1S/C14H24N2O2/c1-11(2)9-16(10-12(3)4)14(17)15-8-13-6-5-7-18-13/h5-7,11-12H,8-10H2,1-4H3,(H,15,17). The van der Waals surface area contributed by atoms with E-state index in [-0.39, 0.29) is 6.03 Å². The van der Waals surface area contributed by atoms with Gasteiger partial charge < -0.3 is 14.6 Å². The summed E-state index contributed by atoms with van der Waals surface area (Å²) in [4.78, 5) is 14.0. The van der Waals surface area contributed by atoms with E-state index in [1.807, 2.05) is 17.0 Å². The molecule has 0 fully saturated rings. The van der Waals surface area contributed by atoms with Gasteiger partial charge in [-0.25, -0.2) is 4.79 Å². The molecule has 102 valence electrons. The van der Waals surface area contributed by atoms with E-state index in [0.717, 1.165) is 18.8 Å². The summed E-state index contributed by atoms with van der Waals surface area (Å²) >= 11 is 0. The van der Waals surface area contributed by atoms with Gasteiger partial charge in [-0.05, 0) is 24.0 Å². The number of hydrogen-bond donors (Lipinski definition) is 1. The molecule has 0 aromatic carbocycles. The minimum Gasteiger partial charge on any atom is -0.467 e. The average molecular weight is 252 g/mol. The van der Waals surface area contributed by atoms with Crippen molar-refractivity contribution in [2.45, 2.75) is 34.2 Å². The van der Waals surface area contributed by atoms with Gasteiger partial charge in [-0.15, -0.1) is 0 Å².